The molecule has 3 aromatic rings. The second kappa shape index (κ2) is 12.4. The topological polar surface area (TPSA) is 124 Å². The van der Waals surface area contributed by atoms with Crippen molar-refractivity contribution in [2.75, 3.05) is 20.4 Å². The fraction of sp³-hybridized carbons (Fsp3) is 0.276. The van der Waals surface area contributed by atoms with Crippen LogP contribution in [0.4, 0.5) is 17.6 Å². The minimum absolute atomic E-state index is 0.165. The molecule has 0 aliphatic carbocycles. The summed E-state index contributed by atoms with van der Waals surface area (Å²) < 4.78 is 61.5. The summed E-state index contributed by atoms with van der Waals surface area (Å²) in [6.45, 7) is 0.641. The van der Waals surface area contributed by atoms with Gasteiger partial charge in [0.25, 0.3) is 5.91 Å². The van der Waals surface area contributed by atoms with E-state index in [0.717, 1.165) is 34.8 Å². The zero-order valence-electron chi connectivity index (χ0n) is 22.4. The predicted molar refractivity (Wildman–Crippen MR) is 143 cm³/mol. The molecule has 5 rings (SSSR count). The molecule has 9 nitrogen and oxygen atoms in total. The molecule has 1 unspecified atom stereocenters. The average Bonchev–Trinajstić information content (AvgIpc) is 3.52. The summed E-state index contributed by atoms with van der Waals surface area (Å²) in [4.78, 5) is 28.9. The van der Waals surface area contributed by atoms with Crippen molar-refractivity contribution in [1.82, 2.24) is 4.90 Å². The molecule has 2 heterocycles. The summed E-state index contributed by atoms with van der Waals surface area (Å²) in [5.41, 5.74) is 7.60. The first-order chi connectivity index (χ1) is 19.9. The second-order valence-electron chi connectivity index (χ2n) is 9.41. The summed E-state index contributed by atoms with van der Waals surface area (Å²) in [6, 6.07) is 19.2. The standard InChI is InChI=1S/C27H26FN3O4.C2HF3O2/c1-33-22-11-4-19(5-12-22)16-27(20-7-9-21(28)10-8-20)25(32)31(26(29)30-27)14-2-3-18-6-13-23-24(15-18)35-17-34-23;3-2(4,5)1(6)7/h4-13,15H,2-3,14,16-17H2,1H3,(H2,29,30);(H,6,7). The molecule has 0 saturated heterocycles. The van der Waals surface area contributed by atoms with E-state index in [-0.39, 0.29) is 24.5 Å². The van der Waals surface area contributed by atoms with Crippen LogP contribution in [-0.2, 0) is 28.0 Å². The number of guanidine groups is 1. The number of carboxylic acids is 1. The molecule has 0 aromatic heterocycles. The molecule has 0 bridgehead atoms. The zero-order chi connectivity index (χ0) is 30.5. The molecule has 42 heavy (non-hydrogen) atoms. The molecule has 0 fully saturated rings. The van der Waals surface area contributed by atoms with E-state index in [1.165, 1.54) is 17.0 Å². The van der Waals surface area contributed by atoms with Gasteiger partial charge in [-0.25, -0.2) is 14.2 Å². The number of rotatable bonds is 8. The first-order valence-electron chi connectivity index (χ1n) is 12.7. The van der Waals surface area contributed by atoms with Crippen molar-refractivity contribution in [2.45, 2.75) is 31.0 Å². The van der Waals surface area contributed by atoms with Crippen LogP contribution >= 0.6 is 0 Å². The number of amides is 1. The van der Waals surface area contributed by atoms with Gasteiger partial charge in [0.2, 0.25) is 6.79 Å². The van der Waals surface area contributed by atoms with Gasteiger partial charge in [0, 0.05) is 13.0 Å². The number of aliphatic imine (C=N–C) groups is 1. The van der Waals surface area contributed by atoms with Crippen LogP contribution in [0.25, 0.3) is 0 Å². The number of alkyl halides is 3. The Morgan fingerprint density at radius 3 is 2.29 bits per heavy atom. The third-order valence-corrected chi connectivity index (χ3v) is 6.65. The maximum Gasteiger partial charge on any atom is 0.490 e. The van der Waals surface area contributed by atoms with Gasteiger partial charge in [-0.05, 0) is 65.9 Å². The van der Waals surface area contributed by atoms with E-state index < -0.39 is 17.7 Å². The molecular formula is C29H27F4N3O6. The van der Waals surface area contributed by atoms with Crippen LogP contribution in [0.1, 0.15) is 23.1 Å². The van der Waals surface area contributed by atoms with Crippen LogP contribution in [-0.4, -0.2) is 54.5 Å². The Balaban J connectivity index is 0.000000517. The van der Waals surface area contributed by atoms with Crippen molar-refractivity contribution in [3.8, 4) is 17.2 Å². The second-order valence-corrected chi connectivity index (χ2v) is 9.41. The fourth-order valence-corrected chi connectivity index (χ4v) is 4.55. The van der Waals surface area contributed by atoms with E-state index in [0.29, 0.717) is 24.9 Å². The third kappa shape index (κ3) is 6.73. The Morgan fingerprint density at radius 1 is 1.05 bits per heavy atom. The number of carboxylic acid groups (broad SMARTS) is 1. The normalized spacial score (nSPS) is 17.4. The van der Waals surface area contributed by atoms with Crippen LogP contribution < -0.4 is 19.9 Å². The number of halogens is 4. The smallest absolute Gasteiger partial charge is 0.490 e. The summed E-state index contributed by atoms with van der Waals surface area (Å²) in [7, 11) is 1.60. The van der Waals surface area contributed by atoms with Crippen molar-refractivity contribution in [3.63, 3.8) is 0 Å². The maximum atomic E-state index is 13.8. The first-order valence-corrected chi connectivity index (χ1v) is 12.7. The molecule has 2 aliphatic heterocycles. The first kappa shape index (κ1) is 30.2. The Kier molecular flexibility index (Phi) is 8.88. The predicted octanol–water partition coefficient (Wildman–Crippen LogP) is 4.42. The Bertz CT molecular complexity index is 1460. The minimum Gasteiger partial charge on any atom is -0.497 e. The lowest BCUT2D eigenvalue weighted by Gasteiger charge is -2.27. The number of hydrogen-bond donors (Lipinski definition) is 2. The van der Waals surface area contributed by atoms with Crippen molar-refractivity contribution in [1.29, 1.82) is 0 Å². The van der Waals surface area contributed by atoms with E-state index in [2.05, 4.69) is 4.99 Å². The summed E-state index contributed by atoms with van der Waals surface area (Å²) in [5, 5.41) is 7.12. The number of aliphatic carboxylic acids is 1. The number of carbonyl (C=O) groups excluding carboxylic acids is 1. The van der Waals surface area contributed by atoms with Gasteiger partial charge in [0.05, 0.1) is 7.11 Å². The van der Waals surface area contributed by atoms with Gasteiger partial charge in [0.15, 0.2) is 23.0 Å². The molecular weight excluding hydrogens is 562 g/mol. The summed E-state index contributed by atoms with van der Waals surface area (Å²) in [5.74, 6) is -1.00. The monoisotopic (exact) mass is 589 g/mol. The third-order valence-electron chi connectivity index (χ3n) is 6.65. The van der Waals surface area contributed by atoms with Crippen molar-refractivity contribution >= 4 is 17.8 Å². The minimum atomic E-state index is -5.08. The maximum absolute atomic E-state index is 13.8. The highest BCUT2D eigenvalue weighted by molar-refractivity contribution is 6.07. The van der Waals surface area contributed by atoms with Crippen molar-refractivity contribution in [3.05, 3.63) is 89.2 Å². The van der Waals surface area contributed by atoms with E-state index in [4.69, 9.17) is 29.8 Å². The molecule has 0 spiro atoms. The number of nitrogens with zero attached hydrogens (tertiary/aromatic N) is 2. The van der Waals surface area contributed by atoms with E-state index in [1.807, 2.05) is 42.5 Å². The molecule has 13 heteroatoms. The quantitative estimate of drug-likeness (QED) is 0.373. The van der Waals surface area contributed by atoms with E-state index in [1.54, 1.807) is 19.2 Å². The van der Waals surface area contributed by atoms with Gasteiger partial charge in [-0.2, -0.15) is 13.2 Å². The largest absolute Gasteiger partial charge is 0.497 e. The molecule has 0 saturated carbocycles. The van der Waals surface area contributed by atoms with Gasteiger partial charge >= 0.3 is 12.1 Å². The van der Waals surface area contributed by atoms with Crippen LogP contribution in [0, 0.1) is 5.82 Å². The lowest BCUT2D eigenvalue weighted by Crippen LogP contribution is -2.44. The lowest BCUT2D eigenvalue weighted by molar-refractivity contribution is -0.192. The Labute approximate surface area is 238 Å². The lowest BCUT2D eigenvalue weighted by atomic mass is 9.83. The van der Waals surface area contributed by atoms with E-state index >= 15 is 0 Å². The Hall–Kier alpha value is -4.81. The number of carbonyl (C=O) groups is 2. The van der Waals surface area contributed by atoms with Crippen LogP contribution in [0.2, 0.25) is 0 Å². The molecule has 0 radical (unpaired) electrons. The van der Waals surface area contributed by atoms with Gasteiger partial charge in [-0.15, -0.1) is 0 Å². The Morgan fingerprint density at radius 2 is 1.67 bits per heavy atom. The number of fused-ring (bicyclic) bond motifs is 1. The fourth-order valence-electron chi connectivity index (χ4n) is 4.55. The number of nitrogens with two attached hydrogens (primary N) is 1. The number of benzene rings is 3. The molecule has 3 aromatic carbocycles. The van der Waals surface area contributed by atoms with E-state index in [9.17, 15) is 22.4 Å². The number of aryl methyl sites for hydroxylation is 1. The number of ether oxygens (including phenoxy) is 3. The molecule has 2 aliphatic rings. The molecule has 1 atom stereocenters. The molecule has 1 amide bonds. The van der Waals surface area contributed by atoms with Gasteiger partial charge in [-0.3, -0.25) is 9.69 Å². The highest BCUT2D eigenvalue weighted by Crippen LogP contribution is 2.37. The van der Waals surface area contributed by atoms with Crippen LogP contribution in [0.5, 0.6) is 17.2 Å². The highest BCUT2D eigenvalue weighted by Gasteiger charge is 2.49. The molecule has 3 N–H and O–H groups in total. The number of methoxy groups -OCH3 is 1. The average molecular weight is 590 g/mol. The summed E-state index contributed by atoms with van der Waals surface area (Å²) in [6.07, 6.45) is -3.37. The zero-order valence-corrected chi connectivity index (χ0v) is 22.4. The molecule has 222 valence electrons. The van der Waals surface area contributed by atoms with Gasteiger partial charge in [0.1, 0.15) is 11.6 Å². The highest BCUT2D eigenvalue weighted by atomic mass is 19.4. The van der Waals surface area contributed by atoms with Gasteiger partial charge in [-0.1, -0.05) is 30.3 Å². The van der Waals surface area contributed by atoms with Gasteiger partial charge < -0.3 is 25.1 Å². The van der Waals surface area contributed by atoms with Crippen molar-refractivity contribution in [2.24, 2.45) is 10.7 Å². The van der Waals surface area contributed by atoms with Crippen LogP contribution in [0.15, 0.2) is 71.7 Å². The van der Waals surface area contributed by atoms with Crippen molar-refractivity contribution < 1.29 is 46.5 Å². The number of hydrogen-bond acceptors (Lipinski definition) is 7. The summed E-state index contributed by atoms with van der Waals surface area (Å²) >= 11 is 0. The SMILES string of the molecule is COc1ccc(CC2(c3ccc(F)cc3)N=C(N)N(CCCc3ccc4c(c3)OCO4)C2=O)cc1.O=C(O)C(F)(F)F. The van der Waals surface area contributed by atoms with Crippen LogP contribution in [0.3, 0.4) is 0 Å².